The monoisotopic (exact) mass is 302 g/mol. The van der Waals surface area contributed by atoms with Crippen LogP contribution in [0.25, 0.3) is 32.3 Å². The maximum absolute atomic E-state index is 5.66. The molecule has 0 atom stereocenters. The van der Waals surface area contributed by atoms with Gasteiger partial charge in [-0.1, -0.05) is 36.4 Å². The molecule has 0 amide bonds. The standard InChI is InChI=1S/C21H18O2/c1-13-6-4-7-14-10-11-16-18(23-3)12-15-8-5-9-17(22-2)20(15)21(16)19(13)14/h4-12H,1-3H3. The van der Waals surface area contributed by atoms with Gasteiger partial charge in [0, 0.05) is 16.2 Å². The molecular weight excluding hydrogens is 284 g/mol. The number of benzene rings is 4. The van der Waals surface area contributed by atoms with Crippen LogP contribution in [0, 0.1) is 6.92 Å². The molecule has 2 heteroatoms. The van der Waals surface area contributed by atoms with Crippen LogP contribution in [0.4, 0.5) is 0 Å². The van der Waals surface area contributed by atoms with E-state index >= 15 is 0 Å². The van der Waals surface area contributed by atoms with E-state index in [4.69, 9.17) is 9.47 Å². The van der Waals surface area contributed by atoms with Crippen LogP contribution in [0.3, 0.4) is 0 Å². The van der Waals surface area contributed by atoms with Gasteiger partial charge in [0.15, 0.2) is 0 Å². The molecule has 4 aromatic carbocycles. The number of rotatable bonds is 2. The molecule has 0 N–H and O–H groups in total. The molecular formula is C21H18O2. The number of aryl methyl sites for hydroxylation is 1. The van der Waals surface area contributed by atoms with E-state index in [1.54, 1.807) is 14.2 Å². The highest BCUT2D eigenvalue weighted by Crippen LogP contribution is 2.42. The van der Waals surface area contributed by atoms with E-state index in [1.165, 1.54) is 21.7 Å². The van der Waals surface area contributed by atoms with Gasteiger partial charge >= 0.3 is 0 Å². The minimum absolute atomic E-state index is 0.894. The Morgan fingerprint density at radius 1 is 0.652 bits per heavy atom. The van der Waals surface area contributed by atoms with Crippen molar-refractivity contribution in [3.63, 3.8) is 0 Å². The van der Waals surface area contributed by atoms with Crippen molar-refractivity contribution >= 4 is 32.3 Å². The van der Waals surface area contributed by atoms with E-state index in [0.29, 0.717) is 0 Å². The Balaban J connectivity index is 2.40. The molecule has 0 saturated heterocycles. The highest BCUT2D eigenvalue weighted by molar-refractivity contribution is 6.24. The van der Waals surface area contributed by atoms with E-state index in [0.717, 1.165) is 27.7 Å². The van der Waals surface area contributed by atoms with E-state index in [1.807, 2.05) is 12.1 Å². The summed E-state index contributed by atoms with van der Waals surface area (Å²) < 4.78 is 11.3. The third kappa shape index (κ3) is 1.95. The molecule has 0 aliphatic carbocycles. The topological polar surface area (TPSA) is 18.5 Å². The summed E-state index contributed by atoms with van der Waals surface area (Å²) in [5.74, 6) is 1.79. The Bertz CT molecular complexity index is 1050. The second-order valence-electron chi connectivity index (χ2n) is 5.80. The summed E-state index contributed by atoms with van der Waals surface area (Å²) in [4.78, 5) is 0. The van der Waals surface area contributed by atoms with Crippen molar-refractivity contribution in [1.29, 1.82) is 0 Å². The summed E-state index contributed by atoms with van der Waals surface area (Å²) >= 11 is 0. The van der Waals surface area contributed by atoms with Crippen LogP contribution in [-0.4, -0.2) is 14.2 Å². The Hall–Kier alpha value is -2.74. The summed E-state index contributed by atoms with van der Waals surface area (Å²) in [6.45, 7) is 2.16. The molecule has 0 aliphatic rings. The average molecular weight is 302 g/mol. The molecule has 0 spiro atoms. The number of ether oxygens (including phenoxy) is 2. The number of hydrogen-bond donors (Lipinski definition) is 0. The molecule has 23 heavy (non-hydrogen) atoms. The molecule has 0 heterocycles. The van der Waals surface area contributed by atoms with Crippen molar-refractivity contribution in [2.24, 2.45) is 0 Å². The maximum atomic E-state index is 5.66. The Kier molecular flexibility index (Phi) is 3.12. The second-order valence-corrected chi connectivity index (χ2v) is 5.80. The van der Waals surface area contributed by atoms with Gasteiger partial charge in [0.2, 0.25) is 0 Å². The van der Waals surface area contributed by atoms with Gasteiger partial charge in [-0.25, -0.2) is 0 Å². The lowest BCUT2D eigenvalue weighted by Crippen LogP contribution is -1.92. The first-order valence-corrected chi connectivity index (χ1v) is 7.70. The fourth-order valence-corrected chi connectivity index (χ4v) is 3.52. The summed E-state index contributed by atoms with van der Waals surface area (Å²) in [6, 6.07) is 18.9. The van der Waals surface area contributed by atoms with Crippen LogP contribution in [-0.2, 0) is 0 Å². The summed E-state index contributed by atoms with van der Waals surface area (Å²) in [7, 11) is 3.45. The van der Waals surface area contributed by atoms with E-state index in [-0.39, 0.29) is 0 Å². The summed E-state index contributed by atoms with van der Waals surface area (Å²) in [5.41, 5.74) is 1.26. The normalized spacial score (nSPS) is 11.3. The maximum Gasteiger partial charge on any atom is 0.127 e. The van der Waals surface area contributed by atoms with Gasteiger partial charge in [-0.15, -0.1) is 0 Å². The lowest BCUT2D eigenvalue weighted by molar-refractivity contribution is 0.418. The summed E-state index contributed by atoms with van der Waals surface area (Å²) in [5, 5.41) is 7.09. The molecule has 0 bridgehead atoms. The molecule has 0 saturated carbocycles. The third-order valence-corrected chi connectivity index (χ3v) is 4.55. The number of methoxy groups -OCH3 is 2. The van der Waals surface area contributed by atoms with E-state index < -0.39 is 0 Å². The van der Waals surface area contributed by atoms with Crippen LogP contribution in [0.5, 0.6) is 11.5 Å². The van der Waals surface area contributed by atoms with Crippen molar-refractivity contribution in [1.82, 2.24) is 0 Å². The molecule has 0 aromatic heterocycles. The number of hydrogen-bond acceptors (Lipinski definition) is 2. The minimum Gasteiger partial charge on any atom is -0.496 e. The van der Waals surface area contributed by atoms with Crippen LogP contribution < -0.4 is 9.47 Å². The Labute approximate surface area is 135 Å². The largest absolute Gasteiger partial charge is 0.496 e. The Morgan fingerprint density at radius 2 is 1.39 bits per heavy atom. The van der Waals surface area contributed by atoms with Crippen LogP contribution in [0.2, 0.25) is 0 Å². The SMILES string of the molecule is COc1cc2cccc(OC)c2c2c1ccc1cccc(C)c12. The molecule has 0 fully saturated rings. The van der Waals surface area contributed by atoms with Gasteiger partial charge in [0.25, 0.3) is 0 Å². The first-order chi connectivity index (χ1) is 11.2. The highest BCUT2D eigenvalue weighted by atomic mass is 16.5. The quantitative estimate of drug-likeness (QED) is 0.457. The zero-order valence-corrected chi connectivity index (χ0v) is 13.5. The first kappa shape index (κ1) is 13.9. The summed E-state index contributed by atoms with van der Waals surface area (Å²) in [6.07, 6.45) is 0. The zero-order valence-electron chi connectivity index (χ0n) is 13.5. The van der Waals surface area contributed by atoms with Crippen molar-refractivity contribution in [3.8, 4) is 11.5 Å². The molecule has 4 rings (SSSR count). The Morgan fingerprint density at radius 3 is 2.17 bits per heavy atom. The van der Waals surface area contributed by atoms with Gasteiger partial charge in [0.1, 0.15) is 11.5 Å². The molecule has 0 aliphatic heterocycles. The van der Waals surface area contributed by atoms with Gasteiger partial charge in [-0.05, 0) is 46.8 Å². The molecule has 0 radical (unpaired) electrons. The molecule has 114 valence electrons. The average Bonchev–Trinajstić information content (AvgIpc) is 2.59. The second kappa shape index (κ2) is 5.17. The zero-order chi connectivity index (χ0) is 16.0. The van der Waals surface area contributed by atoms with Gasteiger partial charge < -0.3 is 9.47 Å². The first-order valence-electron chi connectivity index (χ1n) is 7.70. The van der Waals surface area contributed by atoms with E-state index in [2.05, 4.69) is 49.4 Å². The van der Waals surface area contributed by atoms with Crippen LogP contribution >= 0.6 is 0 Å². The fraction of sp³-hybridized carbons (Fsp3) is 0.143. The highest BCUT2D eigenvalue weighted by Gasteiger charge is 2.14. The lowest BCUT2D eigenvalue weighted by atomic mass is 9.93. The van der Waals surface area contributed by atoms with Gasteiger partial charge in [0.05, 0.1) is 14.2 Å². The minimum atomic E-state index is 0.894. The number of fused-ring (bicyclic) bond motifs is 5. The molecule has 0 unspecified atom stereocenters. The van der Waals surface area contributed by atoms with E-state index in [9.17, 15) is 0 Å². The third-order valence-electron chi connectivity index (χ3n) is 4.55. The van der Waals surface area contributed by atoms with Crippen LogP contribution in [0.15, 0.2) is 54.6 Å². The van der Waals surface area contributed by atoms with Crippen LogP contribution in [0.1, 0.15) is 5.56 Å². The van der Waals surface area contributed by atoms with Crippen molar-refractivity contribution in [2.75, 3.05) is 14.2 Å². The van der Waals surface area contributed by atoms with Gasteiger partial charge in [-0.3, -0.25) is 0 Å². The van der Waals surface area contributed by atoms with Crippen molar-refractivity contribution in [2.45, 2.75) is 6.92 Å². The molecule has 4 aromatic rings. The van der Waals surface area contributed by atoms with Crippen molar-refractivity contribution in [3.05, 3.63) is 60.2 Å². The van der Waals surface area contributed by atoms with Gasteiger partial charge in [-0.2, -0.15) is 0 Å². The predicted octanol–water partition coefficient (Wildman–Crippen LogP) is 5.47. The predicted molar refractivity (Wildman–Crippen MR) is 96.8 cm³/mol. The fourth-order valence-electron chi connectivity index (χ4n) is 3.52. The molecule has 2 nitrogen and oxygen atoms in total. The smallest absolute Gasteiger partial charge is 0.127 e. The van der Waals surface area contributed by atoms with Crippen molar-refractivity contribution < 1.29 is 9.47 Å². The lowest BCUT2D eigenvalue weighted by Gasteiger charge is -2.15.